The molecule has 0 aromatic heterocycles. The molecule has 1 atom stereocenters. The molecule has 0 radical (unpaired) electrons. The number of carbonyl (C=O) groups excluding carboxylic acids is 1. The van der Waals surface area contributed by atoms with Crippen molar-refractivity contribution in [1.29, 1.82) is 0 Å². The summed E-state index contributed by atoms with van der Waals surface area (Å²) in [6, 6.07) is 15.8. The topological polar surface area (TPSA) is 57.7 Å². The Morgan fingerprint density at radius 1 is 1.10 bits per heavy atom. The number of anilines is 1. The second kappa shape index (κ2) is 8.99. The van der Waals surface area contributed by atoms with Crippen LogP contribution in [0.2, 0.25) is 0 Å². The molecule has 1 aliphatic rings. The van der Waals surface area contributed by atoms with Gasteiger partial charge in [-0.25, -0.2) is 8.42 Å². The lowest BCUT2D eigenvalue weighted by atomic mass is 10.0. The van der Waals surface area contributed by atoms with E-state index in [0.717, 1.165) is 18.4 Å². The van der Waals surface area contributed by atoms with Gasteiger partial charge < -0.3 is 4.90 Å². The number of hydrogen-bond acceptors (Lipinski definition) is 3. The van der Waals surface area contributed by atoms with Gasteiger partial charge in [0, 0.05) is 13.1 Å². The van der Waals surface area contributed by atoms with Crippen molar-refractivity contribution in [3.05, 3.63) is 60.2 Å². The van der Waals surface area contributed by atoms with E-state index in [1.54, 1.807) is 47.4 Å². The first-order valence-corrected chi connectivity index (χ1v) is 11.7. The maximum atomic E-state index is 13.4. The molecule has 1 fully saturated rings. The van der Waals surface area contributed by atoms with Crippen LogP contribution in [0.4, 0.5) is 5.69 Å². The molecule has 0 aliphatic carbocycles. The van der Waals surface area contributed by atoms with Crippen molar-refractivity contribution in [1.82, 2.24) is 4.90 Å². The number of rotatable bonds is 6. The molecule has 29 heavy (non-hydrogen) atoms. The molecule has 0 unspecified atom stereocenters. The van der Waals surface area contributed by atoms with Crippen molar-refractivity contribution < 1.29 is 13.2 Å². The summed E-state index contributed by atoms with van der Waals surface area (Å²) in [4.78, 5) is 15.0. The lowest BCUT2D eigenvalue weighted by Gasteiger charge is -2.33. The molecule has 2 aromatic rings. The summed E-state index contributed by atoms with van der Waals surface area (Å²) in [5.74, 6) is 0.640. The molecular formula is C23H30N2O3S. The van der Waals surface area contributed by atoms with Crippen molar-refractivity contribution in [3.8, 4) is 0 Å². The van der Waals surface area contributed by atoms with Gasteiger partial charge in [0.25, 0.3) is 10.0 Å². The molecule has 2 aromatic carbocycles. The van der Waals surface area contributed by atoms with Gasteiger partial charge in [0.2, 0.25) is 5.91 Å². The van der Waals surface area contributed by atoms with Crippen LogP contribution in [0.25, 0.3) is 0 Å². The normalized spacial score (nSPS) is 17.4. The minimum absolute atomic E-state index is 0.149. The van der Waals surface area contributed by atoms with Gasteiger partial charge in [-0.1, -0.05) is 51.1 Å². The van der Waals surface area contributed by atoms with Crippen molar-refractivity contribution in [3.63, 3.8) is 0 Å². The fourth-order valence-electron chi connectivity index (χ4n) is 3.70. The zero-order valence-corrected chi connectivity index (χ0v) is 18.2. The predicted molar refractivity (Wildman–Crippen MR) is 116 cm³/mol. The summed E-state index contributed by atoms with van der Waals surface area (Å²) in [6.45, 7) is 7.50. The molecule has 156 valence electrons. The Morgan fingerprint density at radius 2 is 1.76 bits per heavy atom. The van der Waals surface area contributed by atoms with Crippen LogP contribution in [0.5, 0.6) is 0 Å². The average molecular weight is 415 g/mol. The number of likely N-dealkylation sites (tertiary alicyclic amines) is 1. The molecule has 3 rings (SSSR count). The molecule has 0 N–H and O–H groups in total. The maximum Gasteiger partial charge on any atom is 0.264 e. The number of carbonyl (C=O) groups is 1. The number of amides is 1. The summed E-state index contributed by atoms with van der Waals surface area (Å²) in [5, 5.41) is 0. The van der Waals surface area contributed by atoms with E-state index in [4.69, 9.17) is 0 Å². The first kappa shape index (κ1) is 21.4. The lowest BCUT2D eigenvalue weighted by Crippen LogP contribution is -2.46. The van der Waals surface area contributed by atoms with E-state index >= 15 is 0 Å². The molecule has 0 spiro atoms. The lowest BCUT2D eigenvalue weighted by molar-refractivity contribution is -0.131. The highest BCUT2D eigenvalue weighted by Gasteiger charge is 2.30. The predicted octanol–water partition coefficient (Wildman–Crippen LogP) is 4.26. The summed E-state index contributed by atoms with van der Waals surface area (Å²) in [6.07, 6.45) is 2.06. The van der Waals surface area contributed by atoms with Crippen LogP contribution < -0.4 is 4.31 Å². The van der Waals surface area contributed by atoms with Crippen molar-refractivity contribution in [2.45, 2.75) is 44.4 Å². The molecule has 1 heterocycles. The van der Waals surface area contributed by atoms with Gasteiger partial charge in [-0.15, -0.1) is 0 Å². The van der Waals surface area contributed by atoms with Gasteiger partial charge in [0.1, 0.15) is 6.54 Å². The molecule has 5 nitrogen and oxygen atoms in total. The first-order chi connectivity index (χ1) is 13.8. The number of nitrogens with zero attached hydrogens (tertiary/aromatic N) is 2. The molecule has 1 saturated heterocycles. The quantitative estimate of drug-likeness (QED) is 0.709. The first-order valence-electron chi connectivity index (χ1n) is 10.2. The zero-order valence-electron chi connectivity index (χ0n) is 17.4. The monoisotopic (exact) mass is 414 g/mol. The van der Waals surface area contributed by atoms with Crippen molar-refractivity contribution in [2.24, 2.45) is 5.92 Å². The molecular weight excluding hydrogens is 384 g/mol. The van der Waals surface area contributed by atoms with Crippen LogP contribution in [0.3, 0.4) is 0 Å². The Hall–Kier alpha value is -2.34. The minimum Gasteiger partial charge on any atom is -0.341 e. The van der Waals surface area contributed by atoms with Gasteiger partial charge >= 0.3 is 0 Å². The van der Waals surface area contributed by atoms with Crippen LogP contribution in [0, 0.1) is 5.92 Å². The van der Waals surface area contributed by atoms with Crippen LogP contribution >= 0.6 is 0 Å². The standard InChI is InChI=1S/C23H30N2O3S/c1-18(2)20-11-13-21(14-12-20)25(29(27,28)22-9-5-4-6-10-22)17-23(26)24-15-7-8-19(3)16-24/h4-6,9-14,18-19H,7-8,15-17H2,1-3H3/t19-/m0/s1. The number of piperidine rings is 1. The third-order valence-electron chi connectivity index (χ3n) is 5.47. The van der Waals surface area contributed by atoms with Gasteiger partial charge in [-0.05, 0) is 54.5 Å². The van der Waals surface area contributed by atoms with Gasteiger partial charge in [0.05, 0.1) is 10.6 Å². The summed E-state index contributed by atoms with van der Waals surface area (Å²) < 4.78 is 28.0. The van der Waals surface area contributed by atoms with E-state index < -0.39 is 10.0 Å². The second-order valence-corrected chi connectivity index (χ2v) is 10.0. The minimum atomic E-state index is -3.85. The Labute approximate surface area is 174 Å². The van der Waals surface area contributed by atoms with Crippen LogP contribution in [-0.4, -0.2) is 38.9 Å². The fraction of sp³-hybridized carbons (Fsp3) is 0.435. The van der Waals surface area contributed by atoms with E-state index in [0.29, 0.717) is 30.6 Å². The van der Waals surface area contributed by atoms with Gasteiger partial charge in [-0.2, -0.15) is 0 Å². The number of benzene rings is 2. The Bertz CT molecular complexity index is 924. The third-order valence-corrected chi connectivity index (χ3v) is 7.26. The Kier molecular flexibility index (Phi) is 6.63. The average Bonchev–Trinajstić information content (AvgIpc) is 2.72. The molecule has 1 amide bonds. The number of sulfonamides is 1. The SMILES string of the molecule is CC(C)c1ccc(N(CC(=O)N2CCC[C@H](C)C2)S(=O)(=O)c2ccccc2)cc1. The van der Waals surface area contributed by atoms with Crippen LogP contribution in [-0.2, 0) is 14.8 Å². The van der Waals surface area contributed by atoms with Crippen LogP contribution in [0.1, 0.15) is 45.1 Å². The van der Waals surface area contributed by atoms with Gasteiger partial charge in [-0.3, -0.25) is 9.10 Å². The highest BCUT2D eigenvalue weighted by molar-refractivity contribution is 7.92. The fourth-order valence-corrected chi connectivity index (χ4v) is 5.13. The maximum absolute atomic E-state index is 13.4. The third kappa shape index (κ3) is 4.99. The summed E-state index contributed by atoms with van der Waals surface area (Å²) in [7, 11) is -3.85. The van der Waals surface area contributed by atoms with Crippen molar-refractivity contribution in [2.75, 3.05) is 23.9 Å². The second-order valence-electron chi connectivity index (χ2n) is 8.16. The van der Waals surface area contributed by atoms with E-state index in [9.17, 15) is 13.2 Å². The van der Waals surface area contributed by atoms with Crippen LogP contribution in [0.15, 0.2) is 59.5 Å². The Balaban J connectivity index is 1.94. The van der Waals surface area contributed by atoms with E-state index in [2.05, 4.69) is 20.8 Å². The summed E-state index contributed by atoms with van der Waals surface area (Å²) in [5.41, 5.74) is 1.64. The molecule has 0 saturated carbocycles. The van der Waals surface area contributed by atoms with Gasteiger partial charge in [0.15, 0.2) is 0 Å². The largest absolute Gasteiger partial charge is 0.341 e. The highest BCUT2D eigenvalue weighted by Crippen LogP contribution is 2.26. The zero-order chi connectivity index (χ0) is 21.0. The van der Waals surface area contributed by atoms with E-state index in [1.165, 1.54) is 4.31 Å². The number of hydrogen-bond donors (Lipinski definition) is 0. The molecule has 0 bridgehead atoms. The summed E-state index contributed by atoms with van der Waals surface area (Å²) >= 11 is 0. The van der Waals surface area contributed by atoms with E-state index in [1.807, 2.05) is 12.1 Å². The van der Waals surface area contributed by atoms with Crippen molar-refractivity contribution >= 4 is 21.6 Å². The Morgan fingerprint density at radius 3 is 2.34 bits per heavy atom. The highest BCUT2D eigenvalue weighted by atomic mass is 32.2. The molecule has 1 aliphatic heterocycles. The smallest absolute Gasteiger partial charge is 0.264 e. The molecule has 6 heteroatoms. The van der Waals surface area contributed by atoms with E-state index in [-0.39, 0.29) is 17.3 Å².